The van der Waals surface area contributed by atoms with Gasteiger partial charge in [0.05, 0.1) is 12.6 Å². The number of carbonyl (C=O) groups excluding carboxylic acids is 1. The summed E-state index contributed by atoms with van der Waals surface area (Å²) in [6, 6.07) is 11.6. The van der Waals surface area contributed by atoms with Crippen LogP contribution >= 0.6 is 0 Å². The highest BCUT2D eigenvalue weighted by atomic mass is 16.5. The summed E-state index contributed by atoms with van der Waals surface area (Å²) in [6.07, 6.45) is 3.70. The number of likely N-dealkylation sites (tertiary alicyclic amines) is 1. The Kier molecular flexibility index (Phi) is 7.08. The van der Waals surface area contributed by atoms with E-state index in [4.69, 9.17) is 14.0 Å². The van der Waals surface area contributed by atoms with Crippen molar-refractivity contribution in [2.24, 2.45) is 0 Å². The van der Waals surface area contributed by atoms with Gasteiger partial charge in [-0.15, -0.1) is 0 Å². The Bertz CT molecular complexity index is 1040. The van der Waals surface area contributed by atoms with Crippen LogP contribution in [0.25, 0.3) is 11.4 Å². The Morgan fingerprint density at radius 2 is 2.09 bits per heavy atom. The number of aromatic nitrogens is 3. The smallest absolute Gasteiger partial charge is 0.244 e. The van der Waals surface area contributed by atoms with Gasteiger partial charge < -0.3 is 19.3 Å². The van der Waals surface area contributed by atoms with E-state index in [2.05, 4.69) is 25.3 Å². The Morgan fingerprint density at radius 3 is 2.88 bits per heavy atom. The van der Waals surface area contributed by atoms with Gasteiger partial charge in [-0.25, -0.2) is 4.98 Å². The molecule has 1 aromatic carbocycles. The molecule has 0 radical (unpaired) electrons. The van der Waals surface area contributed by atoms with E-state index in [0.29, 0.717) is 30.8 Å². The van der Waals surface area contributed by atoms with Crippen molar-refractivity contribution in [3.05, 3.63) is 54.0 Å². The number of ether oxygens (including phenoxy) is 2. The number of nitrogens with zero attached hydrogens (tertiary/aromatic N) is 4. The molecule has 0 bridgehead atoms. The molecule has 4 rings (SSSR count). The second-order valence-corrected chi connectivity index (χ2v) is 7.69. The zero-order chi connectivity index (χ0) is 22.3. The van der Waals surface area contributed by atoms with Crippen LogP contribution < -0.4 is 10.1 Å². The third-order valence-electron chi connectivity index (χ3n) is 5.28. The van der Waals surface area contributed by atoms with Crippen LogP contribution in [-0.4, -0.2) is 52.8 Å². The van der Waals surface area contributed by atoms with Crippen molar-refractivity contribution in [3.8, 4) is 17.3 Å². The van der Waals surface area contributed by atoms with E-state index < -0.39 is 0 Å². The van der Waals surface area contributed by atoms with Crippen LogP contribution in [0, 0.1) is 0 Å². The van der Waals surface area contributed by atoms with Crippen LogP contribution in [-0.2, 0) is 16.1 Å². The summed E-state index contributed by atoms with van der Waals surface area (Å²) in [5.74, 6) is 1.56. The van der Waals surface area contributed by atoms with Gasteiger partial charge in [0.1, 0.15) is 6.61 Å². The van der Waals surface area contributed by atoms with Crippen molar-refractivity contribution in [2.75, 3.05) is 32.2 Å². The Hall–Kier alpha value is -3.30. The van der Waals surface area contributed by atoms with Crippen LogP contribution in [0.3, 0.4) is 0 Å². The normalized spacial score (nSPS) is 16.2. The molecule has 32 heavy (non-hydrogen) atoms. The first-order valence-electron chi connectivity index (χ1n) is 10.6. The van der Waals surface area contributed by atoms with Gasteiger partial charge in [-0.2, -0.15) is 4.98 Å². The lowest BCUT2D eigenvalue weighted by atomic mass is 10.1. The quantitative estimate of drug-likeness (QED) is 0.508. The van der Waals surface area contributed by atoms with Crippen LogP contribution in [0.4, 0.5) is 5.69 Å². The number of anilines is 1. The number of pyridine rings is 1. The third kappa shape index (κ3) is 5.49. The van der Waals surface area contributed by atoms with Gasteiger partial charge >= 0.3 is 0 Å². The molecule has 3 aromatic rings. The molecular formula is C23H27N5O4. The van der Waals surface area contributed by atoms with Crippen molar-refractivity contribution >= 4 is 11.6 Å². The van der Waals surface area contributed by atoms with Gasteiger partial charge in [0.25, 0.3) is 0 Å². The zero-order valence-electron chi connectivity index (χ0n) is 18.3. The molecule has 1 amide bonds. The van der Waals surface area contributed by atoms with Gasteiger partial charge in [-0.3, -0.25) is 9.69 Å². The largest absolute Gasteiger partial charge is 0.475 e. The second-order valence-electron chi connectivity index (χ2n) is 7.69. The van der Waals surface area contributed by atoms with Crippen molar-refractivity contribution < 1.29 is 18.8 Å². The summed E-state index contributed by atoms with van der Waals surface area (Å²) in [5, 5.41) is 6.98. The molecule has 0 aliphatic carbocycles. The molecule has 9 heteroatoms. The van der Waals surface area contributed by atoms with Gasteiger partial charge in [0.15, 0.2) is 0 Å². The number of carbonyl (C=O) groups is 1. The first-order chi connectivity index (χ1) is 15.6. The molecule has 1 saturated heterocycles. The second kappa shape index (κ2) is 10.3. The molecule has 3 heterocycles. The van der Waals surface area contributed by atoms with E-state index in [1.54, 1.807) is 19.4 Å². The lowest BCUT2D eigenvalue weighted by Crippen LogP contribution is -2.23. The molecule has 1 fully saturated rings. The number of hydrogen-bond donors (Lipinski definition) is 1. The summed E-state index contributed by atoms with van der Waals surface area (Å²) >= 11 is 0. The summed E-state index contributed by atoms with van der Waals surface area (Å²) in [4.78, 5) is 22.4. The fourth-order valence-electron chi connectivity index (χ4n) is 3.77. The predicted molar refractivity (Wildman–Crippen MR) is 118 cm³/mol. The minimum Gasteiger partial charge on any atom is -0.475 e. The van der Waals surface area contributed by atoms with Crippen molar-refractivity contribution in [3.63, 3.8) is 0 Å². The Balaban J connectivity index is 1.43. The van der Waals surface area contributed by atoms with Crippen molar-refractivity contribution in [1.82, 2.24) is 20.0 Å². The zero-order valence-corrected chi connectivity index (χ0v) is 18.3. The molecule has 0 spiro atoms. The number of nitrogens with one attached hydrogen (secondary N) is 1. The summed E-state index contributed by atoms with van der Waals surface area (Å²) in [7, 11) is 1.63. The molecule has 2 aromatic heterocycles. The first-order valence-corrected chi connectivity index (χ1v) is 10.6. The maximum absolute atomic E-state index is 11.2. The molecule has 9 nitrogen and oxygen atoms in total. The van der Waals surface area contributed by atoms with Gasteiger partial charge in [0, 0.05) is 44.1 Å². The molecule has 1 aliphatic rings. The average Bonchev–Trinajstić information content (AvgIpc) is 3.45. The molecule has 1 N–H and O–H groups in total. The molecule has 0 saturated carbocycles. The molecular weight excluding hydrogens is 410 g/mol. The minimum atomic E-state index is -0.0765. The maximum atomic E-state index is 11.2. The lowest BCUT2D eigenvalue weighted by Gasteiger charge is -2.21. The number of hydrogen-bond acceptors (Lipinski definition) is 8. The van der Waals surface area contributed by atoms with Crippen LogP contribution in [0.2, 0.25) is 0 Å². The van der Waals surface area contributed by atoms with Crippen molar-refractivity contribution in [2.45, 2.75) is 32.4 Å². The number of amides is 1. The van der Waals surface area contributed by atoms with E-state index >= 15 is 0 Å². The molecule has 1 aliphatic heterocycles. The van der Waals surface area contributed by atoms with Crippen LogP contribution in [0.15, 0.2) is 47.1 Å². The number of rotatable bonds is 9. The highest BCUT2D eigenvalue weighted by Gasteiger charge is 2.30. The maximum Gasteiger partial charge on any atom is 0.244 e. The van der Waals surface area contributed by atoms with Gasteiger partial charge in [-0.05, 0) is 43.1 Å². The van der Waals surface area contributed by atoms with Crippen molar-refractivity contribution in [1.29, 1.82) is 0 Å². The number of methoxy groups -OCH3 is 1. The summed E-state index contributed by atoms with van der Waals surface area (Å²) in [5.41, 5.74) is 2.75. The predicted octanol–water partition coefficient (Wildman–Crippen LogP) is 3.45. The van der Waals surface area contributed by atoms with E-state index in [1.807, 2.05) is 30.3 Å². The topological polar surface area (TPSA) is 103 Å². The van der Waals surface area contributed by atoms with E-state index in [9.17, 15) is 4.79 Å². The fourth-order valence-corrected chi connectivity index (χ4v) is 3.77. The first kappa shape index (κ1) is 21.9. The lowest BCUT2D eigenvalue weighted by molar-refractivity contribution is -0.114. The Morgan fingerprint density at radius 1 is 1.25 bits per heavy atom. The average molecular weight is 438 g/mol. The molecule has 1 unspecified atom stereocenters. The third-order valence-corrected chi connectivity index (χ3v) is 5.28. The van der Waals surface area contributed by atoms with Gasteiger partial charge in [0.2, 0.25) is 23.5 Å². The number of benzene rings is 1. The Labute approximate surface area is 186 Å². The molecule has 168 valence electrons. The minimum absolute atomic E-state index is 0.0746. The van der Waals surface area contributed by atoms with Gasteiger partial charge in [-0.1, -0.05) is 17.3 Å². The summed E-state index contributed by atoms with van der Waals surface area (Å²) in [6.45, 7) is 4.15. The van der Waals surface area contributed by atoms with E-state index in [1.165, 1.54) is 6.92 Å². The van der Waals surface area contributed by atoms with E-state index in [-0.39, 0.29) is 11.9 Å². The SMILES string of the molecule is COCCOc1cc(-c2noc(C3CCCN3Cc3ccc(NC(C)=O)cc3)n2)ccn1. The standard InChI is InChI=1S/C23H27N5O4/c1-16(29)25-19-7-5-17(6-8-19)15-28-11-3-4-20(28)23-26-22(27-32-23)18-9-10-24-21(14-18)31-13-12-30-2/h5-10,14,20H,3-4,11-13,15H2,1-2H3,(H,25,29). The summed E-state index contributed by atoms with van der Waals surface area (Å²) < 4.78 is 16.2. The van der Waals surface area contributed by atoms with Crippen LogP contribution in [0.1, 0.15) is 37.3 Å². The monoisotopic (exact) mass is 437 g/mol. The fraction of sp³-hybridized carbons (Fsp3) is 0.391. The molecule has 1 atom stereocenters. The highest BCUT2D eigenvalue weighted by molar-refractivity contribution is 5.88. The van der Waals surface area contributed by atoms with E-state index in [0.717, 1.165) is 42.7 Å². The highest BCUT2D eigenvalue weighted by Crippen LogP contribution is 2.33. The van der Waals surface area contributed by atoms with Crippen LogP contribution in [0.5, 0.6) is 5.88 Å².